The van der Waals surface area contributed by atoms with Crippen molar-refractivity contribution in [1.82, 2.24) is 0 Å². The zero-order valence-corrected chi connectivity index (χ0v) is 27.0. The van der Waals surface area contributed by atoms with Crippen LogP contribution in [0.4, 0.5) is 0 Å². The van der Waals surface area contributed by atoms with Gasteiger partial charge in [-0.25, -0.2) is 0 Å². The fourth-order valence-electron chi connectivity index (χ4n) is 5.40. The van der Waals surface area contributed by atoms with Gasteiger partial charge in [0, 0.05) is 16.9 Å². The molecule has 1 aliphatic rings. The summed E-state index contributed by atoms with van der Waals surface area (Å²) < 4.78 is 39.6. The Bertz CT molecular complexity index is 1560. The minimum atomic E-state index is -0.772. The van der Waals surface area contributed by atoms with Crippen LogP contribution in [0.25, 0.3) is 0 Å². The van der Waals surface area contributed by atoms with Gasteiger partial charge in [0.1, 0.15) is 24.4 Å². The van der Waals surface area contributed by atoms with Gasteiger partial charge in [0.25, 0.3) is 0 Å². The second-order valence-electron chi connectivity index (χ2n) is 11.3. The molecule has 5 aromatic rings. The van der Waals surface area contributed by atoms with E-state index in [-0.39, 0.29) is 6.61 Å². The van der Waals surface area contributed by atoms with Crippen LogP contribution < -0.4 is 0 Å². The van der Waals surface area contributed by atoms with Crippen molar-refractivity contribution < 1.29 is 27.9 Å². The van der Waals surface area contributed by atoms with E-state index < -0.39 is 30.7 Å². The lowest BCUT2D eigenvalue weighted by atomic mass is 9.98. The van der Waals surface area contributed by atoms with Crippen molar-refractivity contribution in [2.75, 3.05) is 6.61 Å². The first-order chi connectivity index (χ1) is 23.3. The smallest absolute Gasteiger partial charge is 0.200 e. The molecule has 5 aromatic carbocycles. The van der Waals surface area contributed by atoms with Crippen LogP contribution in [0.3, 0.4) is 0 Å². The Hall–Kier alpha value is -3.79. The van der Waals surface area contributed by atoms with Crippen molar-refractivity contribution in [2.24, 2.45) is 0 Å². The van der Waals surface area contributed by atoms with E-state index in [1.165, 1.54) is 12.0 Å². The highest BCUT2D eigenvalue weighted by Gasteiger charge is 2.49. The molecule has 1 aliphatic heterocycles. The monoisotopic (exact) mass is 648 g/mol. The summed E-state index contributed by atoms with van der Waals surface area (Å²) in [4.78, 5) is 0.957. The highest BCUT2D eigenvalue weighted by molar-refractivity contribution is 7.94. The van der Waals surface area contributed by atoms with Gasteiger partial charge in [-0.05, 0) is 34.4 Å². The SMILES string of the molecule is c1ccc(COC[C@H]2O[C@H](OSc3ccccc3)[C@H](OCc3ccccc3)[C@@H](OCc3ccccc3)[C@@H]2OCc2ccccc2)cc1. The first kappa shape index (κ1) is 33.1. The minimum Gasteiger partial charge on any atom is -0.374 e. The molecule has 6 rings (SSSR count). The topological polar surface area (TPSA) is 55.4 Å². The van der Waals surface area contributed by atoms with Crippen LogP contribution in [0.2, 0.25) is 0 Å². The second-order valence-corrected chi connectivity index (χ2v) is 12.2. The summed E-state index contributed by atoms with van der Waals surface area (Å²) in [5, 5.41) is 0. The molecule has 0 N–H and O–H groups in total. The normalized spacial score (nSPS) is 21.0. The molecule has 0 bridgehead atoms. The first-order valence-electron chi connectivity index (χ1n) is 15.9. The Morgan fingerprint density at radius 1 is 0.447 bits per heavy atom. The number of hydrogen-bond donors (Lipinski definition) is 0. The van der Waals surface area contributed by atoms with E-state index >= 15 is 0 Å². The maximum absolute atomic E-state index is 6.77. The van der Waals surface area contributed by atoms with Crippen LogP contribution in [0.5, 0.6) is 0 Å². The Kier molecular flexibility index (Phi) is 12.6. The molecular formula is C40H40O6S. The highest BCUT2D eigenvalue weighted by atomic mass is 32.2. The third kappa shape index (κ3) is 10.1. The maximum atomic E-state index is 6.77. The predicted octanol–water partition coefficient (Wildman–Crippen LogP) is 8.41. The van der Waals surface area contributed by atoms with Crippen molar-refractivity contribution in [1.29, 1.82) is 0 Å². The van der Waals surface area contributed by atoms with E-state index in [1.807, 2.05) is 127 Å². The Morgan fingerprint density at radius 2 is 0.851 bits per heavy atom. The molecular weight excluding hydrogens is 609 g/mol. The fourth-order valence-corrected chi connectivity index (χ4v) is 6.03. The summed E-state index contributed by atoms with van der Waals surface area (Å²) in [6.45, 7) is 1.83. The molecule has 0 saturated carbocycles. The molecule has 0 amide bonds. The molecule has 47 heavy (non-hydrogen) atoms. The van der Waals surface area contributed by atoms with Crippen LogP contribution >= 0.6 is 12.0 Å². The summed E-state index contributed by atoms with van der Waals surface area (Å²) in [5.41, 5.74) is 4.23. The predicted molar refractivity (Wildman–Crippen MR) is 183 cm³/mol. The van der Waals surface area contributed by atoms with Crippen LogP contribution in [-0.4, -0.2) is 37.3 Å². The number of rotatable bonds is 16. The minimum absolute atomic E-state index is 0.279. The summed E-state index contributed by atoms with van der Waals surface area (Å²) in [7, 11) is 0. The highest BCUT2D eigenvalue weighted by Crippen LogP contribution is 2.34. The molecule has 1 saturated heterocycles. The number of ether oxygens (including phenoxy) is 5. The van der Waals surface area contributed by atoms with Crippen molar-refractivity contribution in [2.45, 2.75) is 62.0 Å². The van der Waals surface area contributed by atoms with Gasteiger partial charge in [-0.15, -0.1) is 0 Å². The quantitative estimate of drug-likeness (QED) is 0.0996. The lowest BCUT2D eigenvalue weighted by Crippen LogP contribution is -2.61. The Labute approximate surface area is 281 Å². The summed E-state index contributed by atoms with van der Waals surface area (Å²) >= 11 is 1.26. The molecule has 1 heterocycles. The zero-order chi connectivity index (χ0) is 31.9. The van der Waals surface area contributed by atoms with Gasteiger partial charge >= 0.3 is 0 Å². The van der Waals surface area contributed by atoms with Gasteiger partial charge < -0.3 is 23.7 Å². The number of benzene rings is 5. The van der Waals surface area contributed by atoms with Crippen molar-refractivity contribution in [3.8, 4) is 0 Å². The van der Waals surface area contributed by atoms with Gasteiger partial charge in [-0.1, -0.05) is 140 Å². The van der Waals surface area contributed by atoms with E-state index in [0.29, 0.717) is 26.4 Å². The van der Waals surface area contributed by atoms with E-state index in [4.69, 9.17) is 27.9 Å². The Balaban J connectivity index is 1.29. The van der Waals surface area contributed by atoms with E-state index in [9.17, 15) is 0 Å². The number of hydrogen-bond acceptors (Lipinski definition) is 7. The van der Waals surface area contributed by atoms with Gasteiger partial charge in [-0.3, -0.25) is 4.18 Å². The largest absolute Gasteiger partial charge is 0.374 e. The molecule has 1 fully saturated rings. The van der Waals surface area contributed by atoms with Gasteiger partial charge in [0.05, 0.1) is 33.0 Å². The molecule has 242 valence electrons. The van der Waals surface area contributed by atoms with Crippen molar-refractivity contribution >= 4 is 12.0 Å². The maximum Gasteiger partial charge on any atom is 0.200 e. The van der Waals surface area contributed by atoms with Gasteiger partial charge in [0.15, 0.2) is 6.29 Å². The molecule has 7 heteroatoms. The van der Waals surface area contributed by atoms with E-state index in [0.717, 1.165) is 27.1 Å². The first-order valence-corrected chi connectivity index (χ1v) is 16.7. The zero-order valence-electron chi connectivity index (χ0n) is 26.2. The molecule has 5 atom stereocenters. The molecule has 0 radical (unpaired) electrons. The van der Waals surface area contributed by atoms with Crippen LogP contribution in [-0.2, 0) is 54.3 Å². The average Bonchev–Trinajstić information content (AvgIpc) is 3.14. The summed E-state index contributed by atoms with van der Waals surface area (Å²) in [5.74, 6) is 0. The lowest BCUT2D eigenvalue weighted by molar-refractivity contribution is -0.307. The Morgan fingerprint density at radius 3 is 1.34 bits per heavy atom. The van der Waals surface area contributed by atoms with Gasteiger partial charge in [-0.2, -0.15) is 0 Å². The molecule has 0 aliphatic carbocycles. The molecule has 6 nitrogen and oxygen atoms in total. The van der Waals surface area contributed by atoms with Gasteiger partial charge in [0.2, 0.25) is 0 Å². The van der Waals surface area contributed by atoms with Crippen LogP contribution in [0.15, 0.2) is 157 Å². The van der Waals surface area contributed by atoms with E-state index in [1.54, 1.807) is 0 Å². The van der Waals surface area contributed by atoms with Crippen molar-refractivity contribution in [3.63, 3.8) is 0 Å². The van der Waals surface area contributed by atoms with Crippen molar-refractivity contribution in [3.05, 3.63) is 174 Å². The van der Waals surface area contributed by atoms with Crippen LogP contribution in [0, 0.1) is 0 Å². The summed E-state index contributed by atoms with van der Waals surface area (Å²) in [6.07, 6.45) is -2.94. The second kappa shape index (κ2) is 17.9. The summed E-state index contributed by atoms with van der Waals surface area (Å²) in [6, 6.07) is 50.4. The molecule has 0 aromatic heterocycles. The average molecular weight is 649 g/mol. The van der Waals surface area contributed by atoms with Crippen LogP contribution in [0.1, 0.15) is 22.3 Å². The molecule has 0 spiro atoms. The third-order valence-corrected chi connectivity index (χ3v) is 8.57. The fraction of sp³-hybridized carbons (Fsp3) is 0.250. The third-order valence-electron chi connectivity index (χ3n) is 7.82. The lowest BCUT2D eigenvalue weighted by Gasteiger charge is -2.45. The molecule has 0 unspecified atom stereocenters. The van der Waals surface area contributed by atoms with E-state index in [2.05, 4.69) is 24.3 Å². The standard InChI is InChI=1S/C40H40O6S/c1-6-16-31(17-7-1)26-41-30-36-37(42-27-32-18-8-2-9-19-32)38(43-28-33-20-10-3-11-21-33)39(44-29-34-22-12-4-13-23-34)40(45-36)46-47-35-24-14-5-15-25-35/h1-25,36-40H,26-30H2/t36-,37-,38+,39-,40-/m1/s1.